The minimum absolute atomic E-state index is 0.0908. The lowest BCUT2D eigenvalue weighted by atomic mass is 10.2. The van der Waals surface area contributed by atoms with Crippen LogP contribution < -0.4 is 9.80 Å². The van der Waals surface area contributed by atoms with Crippen molar-refractivity contribution < 1.29 is 14.0 Å². The average Bonchev–Trinajstić information content (AvgIpc) is 3.32. The molecular weight excluding hydrogens is 292 g/mol. The van der Waals surface area contributed by atoms with Crippen molar-refractivity contribution in [1.82, 2.24) is 0 Å². The maximum Gasteiger partial charge on any atom is 0.261 e. The molecule has 0 N–H and O–H groups in total. The predicted molar refractivity (Wildman–Crippen MR) is 86.5 cm³/mol. The van der Waals surface area contributed by atoms with Gasteiger partial charge >= 0.3 is 0 Å². The highest BCUT2D eigenvalue weighted by Gasteiger charge is 2.36. The van der Waals surface area contributed by atoms with Crippen molar-refractivity contribution in [2.45, 2.75) is 19.3 Å². The van der Waals surface area contributed by atoms with Crippen molar-refractivity contribution in [1.29, 1.82) is 0 Å². The smallest absolute Gasteiger partial charge is 0.261 e. The van der Waals surface area contributed by atoms with E-state index in [0.29, 0.717) is 18.7 Å². The second kappa shape index (κ2) is 5.57. The van der Waals surface area contributed by atoms with Crippen molar-refractivity contribution in [2.75, 3.05) is 22.9 Å². The molecule has 2 heterocycles. The summed E-state index contributed by atoms with van der Waals surface area (Å²) in [5, 5.41) is 0. The van der Waals surface area contributed by atoms with E-state index in [9.17, 15) is 9.59 Å². The Kier molecular flexibility index (Phi) is 3.41. The number of nitrogens with zero attached hydrogens (tertiary/aromatic N) is 2. The number of amides is 2. The van der Waals surface area contributed by atoms with Gasteiger partial charge in [-0.2, -0.15) is 0 Å². The molecule has 2 amide bonds. The molecule has 0 atom stereocenters. The normalized spacial score (nSPS) is 17.6. The molecule has 0 radical (unpaired) electrons. The number of hydrogen-bond acceptors (Lipinski definition) is 3. The Hall–Kier alpha value is -2.56. The molecule has 0 bridgehead atoms. The first-order valence-electron chi connectivity index (χ1n) is 8.00. The minimum Gasteiger partial charge on any atom is -0.472 e. The fourth-order valence-electron chi connectivity index (χ4n) is 3.08. The minimum atomic E-state index is -0.0908. The van der Waals surface area contributed by atoms with E-state index in [1.54, 1.807) is 11.0 Å². The van der Waals surface area contributed by atoms with Gasteiger partial charge in [0.15, 0.2) is 0 Å². The summed E-state index contributed by atoms with van der Waals surface area (Å²) >= 11 is 0. The summed E-state index contributed by atoms with van der Waals surface area (Å²) in [7, 11) is 0. The van der Waals surface area contributed by atoms with Crippen LogP contribution in [0.2, 0.25) is 0 Å². The summed E-state index contributed by atoms with van der Waals surface area (Å²) in [5.41, 5.74) is 2.16. The van der Waals surface area contributed by atoms with Gasteiger partial charge in [0, 0.05) is 19.0 Å². The van der Waals surface area contributed by atoms with Crippen LogP contribution >= 0.6 is 0 Å². The number of anilines is 2. The zero-order valence-electron chi connectivity index (χ0n) is 12.8. The predicted octanol–water partition coefficient (Wildman–Crippen LogP) is 3.07. The number of carbonyl (C=O) groups is 2. The second-order valence-electron chi connectivity index (χ2n) is 6.08. The van der Waals surface area contributed by atoms with E-state index in [0.717, 1.165) is 30.6 Å². The summed E-state index contributed by atoms with van der Waals surface area (Å²) < 4.78 is 5.03. The summed E-state index contributed by atoms with van der Waals surface area (Å²) in [4.78, 5) is 29.0. The van der Waals surface area contributed by atoms with Crippen molar-refractivity contribution in [3.63, 3.8) is 0 Å². The molecule has 2 aliphatic rings. The summed E-state index contributed by atoms with van der Waals surface area (Å²) in [6.45, 7) is 1.25. The maximum absolute atomic E-state index is 12.8. The fourth-order valence-corrected chi connectivity index (χ4v) is 3.08. The second-order valence-corrected chi connectivity index (χ2v) is 6.08. The Bertz CT molecular complexity index is 734. The first-order chi connectivity index (χ1) is 11.3. The van der Waals surface area contributed by atoms with Crippen LogP contribution in [-0.4, -0.2) is 24.9 Å². The number of furan rings is 1. The molecular formula is C18H18N2O3. The number of rotatable bonds is 2. The Balaban J connectivity index is 1.72. The van der Waals surface area contributed by atoms with Crippen LogP contribution in [0.3, 0.4) is 0 Å². The highest BCUT2D eigenvalue weighted by atomic mass is 16.3. The highest BCUT2D eigenvalue weighted by Crippen LogP contribution is 2.38. The zero-order chi connectivity index (χ0) is 15.8. The molecule has 1 aromatic heterocycles. The first-order valence-corrected chi connectivity index (χ1v) is 8.00. The van der Waals surface area contributed by atoms with Gasteiger partial charge in [0.2, 0.25) is 5.91 Å². The Labute approximate surface area is 134 Å². The Morgan fingerprint density at radius 2 is 1.70 bits per heavy atom. The Morgan fingerprint density at radius 1 is 1.00 bits per heavy atom. The van der Waals surface area contributed by atoms with E-state index in [2.05, 4.69) is 0 Å². The van der Waals surface area contributed by atoms with Crippen molar-refractivity contribution in [2.24, 2.45) is 5.92 Å². The van der Waals surface area contributed by atoms with Crippen LogP contribution in [0.4, 0.5) is 11.4 Å². The molecule has 0 spiro atoms. The molecule has 0 unspecified atom stereocenters. The third kappa shape index (κ3) is 2.52. The van der Waals surface area contributed by atoms with Crippen molar-refractivity contribution in [3.05, 3.63) is 48.4 Å². The fraction of sp³-hybridized carbons (Fsp3) is 0.333. The van der Waals surface area contributed by atoms with E-state index in [1.165, 1.54) is 12.5 Å². The van der Waals surface area contributed by atoms with Crippen molar-refractivity contribution in [3.8, 4) is 0 Å². The molecule has 0 saturated heterocycles. The lowest BCUT2D eigenvalue weighted by Gasteiger charge is -2.25. The maximum atomic E-state index is 12.8. The van der Waals surface area contributed by atoms with E-state index >= 15 is 0 Å². The van der Waals surface area contributed by atoms with Gasteiger partial charge in [0.1, 0.15) is 6.26 Å². The largest absolute Gasteiger partial charge is 0.472 e. The number of carbonyl (C=O) groups excluding carboxylic acids is 2. The number of benzene rings is 1. The zero-order valence-corrected chi connectivity index (χ0v) is 12.8. The molecule has 118 valence electrons. The summed E-state index contributed by atoms with van der Waals surface area (Å²) in [5.74, 6) is 0.265. The van der Waals surface area contributed by atoms with Crippen LogP contribution in [0.15, 0.2) is 47.3 Å². The highest BCUT2D eigenvalue weighted by molar-refractivity contribution is 6.09. The molecule has 5 heteroatoms. The van der Waals surface area contributed by atoms with Gasteiger partial charge in [0.25, 0.3) is 5.91 Å². The number of hydrogen-bond donors (Lipinski definition) is 0. The third-order valence-electron chi connectivity index (χ3n) is 4.43. The number of fused-ring (bicyclic) bond motifs is 1. The van der Waals surface area contributed by atoms with Crippen LogP contribution in [0.25, 0.3) is 0 Å². The monoisotopic (exact) mass is 310 g/mol. The van der Waals surface area contributed by atoms with Crippen molar-refractivity contribution >= 4 is 23.2 Å². The molecule has 1 aromatic carbocycles. The Morgan fingerprint density at radius 3 is 2.35 bits per heavy atom. The number of para-hydroxylation sites is 2. The lowest BCUT2D eigenvalue weighted by Crippen LogP contribution is -2.32. The molecule has 1 fully saturated rings. The molecule has 1 saturated carbocycles. The quantitative estimate of drug-likeness (QED) is 0.856. The van der Waals surface area contributed by atoms with Gasteiger partial charge in [-0.25, -0.2) is 0 Å². The van der Waals surface area contributed by atoms with Gasteiger partial charge in [-0.15, -0.1) is 0 Å². The third-order valence-corrected chi connectivity index (χ3v) is 4.43. The van der Waals surface area contributed by atoms with Gasteiger partial charge < -0.3 is 14.2 Å². The molecule has 2 aromatic rings. The molecule has 1 aliphatic carbocycles. The van der Waals surface area contributed by atoms with Crippen LogP contribution in [0.1, 0.15) is 29.6 Å². The lowest BCUT2D eigenvalue weighted by molar-refractivity contribution is -0.119. The molecule has 5 nitrogen and oxygen atoms in total. The standard InChI is InChI=1S/C18H18N2O3/c21-17(13-6-7-13)19-9-3-10-20(16-5-2-1-4-15(16)19)18(22)14-8-11-23-12-14/h1-2,4-5,8,11-13H,3,6-7,9-10H2. The summed E-state index contributed by atoms with van der Waals surface area (Å²) in [6.07, 6.45) is 5.68. The van der Waals surface area contributed by atoms with Gasteiger partial charge in [0.05, 0.1) is 23.2 Å². The molecule has 1 aliphatic heterocycles. The van der Waals surface area contributed by atoms with Gasteiger partial charge in [-0.3, -0.25) is 9.59 Å². The van der Waals surface area contributed by atoms with E-state index in [1.807, 2.05) is 29.2 Å². The topological polar surface area (TPSA) is 53.8 Å². The summed E-state index contributed by atoms with van der Waals surface area (Å²) in [6, 6.07) is 9.32. The van der Waals surface area contributed by atoms with Crippen LogP contribution in [-0.2, 0) is 4.79 Å². The van der Waals surface area contributed by atoms with E-state index < -0.39 is 0 Å². The SMILES string of the molecule is O=C(c1ccoc1)N1CCCN(C(=O)C2CC2)c2ccccc21. The molecule has 23 heavy (non-hydrogen) atoms. The average molecular weight is 310 g/mol. The van der Waals surface area contributed by atoms with Crippen LogP contribution in [0, 0.1) is 5.92 Å². The van der Waals surface area contributed by atoms with Gasteiger partial charge in [-0.1, -0.05) is 12.1 Å². The van der Waals surface area contributed by atoms with E-state index in [-0.39, 0.29) is 17.7 Å². The van der Waals surface area contributed by atoms with Crippen LogP contribution in [0.5, 0.6) is 0 Å². The van der Waals surface area contributed by atoms with E-state index in [4.69, 9.17) is 4.42 Å². The first kappa shape index (κ1) is 14.1. The molecule has 4 rings (SSSR count). The van der Waals surface area contributed by atoms with Gasteiger partial charge in [-0.05, 0) is 37.5 Å².